The molecule has 0 radical (unpaired) electrons. The number of sulfonamides is 1. The van der Waals surface area contributed by atoms with Crippen molar-refractivity contribution >= 4 is 32.7 Å². The summed E-state index contributed by atoms with van der Waals surface area (Å²) in [4.78, 5) is 12.9. The van der Waals surface area contributed by atoms with Crippen molar-refractivity contribution < 1.29 is 22.3 Å². The van der Waals surface area contributed by atoms with Gasteiger partial charge in [0.05, 0.1) is 17.9 Å². The Hall–Kier alpha value is -2.18. The number of hydrogen-bond acceptors (Lipinski definition) is 8. The van der Waals surface area contributed by atoms with Crippen LogP contribution in [0.2, 0.25) is 0 Å². The molecule has 4 rings (SSSR count). The van der Waals surface area contributed by atoms with Crippen molar-refractivity contribution in [1.29, 1.82) is 0 Å². The van der Waals surface area contributed by atoms with Crippen molar-refractivity contribution in [2.24, 2.45) is 0 Å². The standard InChI is InChI=1S/C20H28F2N6O3S/c1-20(29)7-3-4-15(20)26-18-16-12(10-14(25-18)17(21)22)11-23-19(27-16)24-13-5-8-28(9-6-13)32(2,30)31/h10-11,13,15,17,29H,3-9H2,1-2H3,(H,25,26)(H,23,24,27)/t15-,20-/m1/s1. The van der Waals surface area contributed by atoms with Crippen LogP contribution in [0.4, 0.5) is 20.5 Å². The minimum absolute atomic E-state index is 0.00859. The number of anilines is 2. The maximum Gasteiger partial charge on any atom is 0.280 e. The predicted molar refractivity (Wildman–Crippen MR) is 117 cm³/mol. The Morgan fingerprint density at radius 3 is 2.53 bits per heavy atom. The first-order chi connectivity index (χ1) is 15.0. The van der Waals surface area contributed by atoms with E-state index in [1.165, 1.54) is 22.8 Å². The van der Waals surface area contributed by atoms with E-state index >= 15 is 0 Å². The number of pyridine rings is 1. The molecule has 0 spiro atoms. The molecule has 176 valence electrons. The Morgan fingerprint density at radius 1 is 1.22 bits per heavy atom. The van der Waals surface area contributed by atoms with Crippen molar-refractivity contribution in [2.75, 3.05) is 30.0 Å². The summed E-state index contributed by atoms with van der Waals surface area (Å²) >= 11 is 0. The van der Waals surface area contributed by atoms with Crippen molar-refractivity contribution in [2.45, 2.75) is 63.1 Å². The van der Waals surface area contributed by atoms with Crippen LogP contribution in [0.15, 0.2) is 12.3 Å². The van der Waals surface area contributed by atoms with Crippen molar-refractivity contribution in [3.05, 3.63) is 18.0 Å². The molecule has 2 aliphatic rings. The molecule has 1 aliphatic carbocycles. The molecule has 0 aromatic carbocycles. The zero-order valence-corrected chi connectivity index (χ0v) is 18.9. The number of fused-ring (bicyclic) bond motifs is 1. The summed E-state index contributed by atoms with van der Waals surface area (Å²) in [6, 6.07) is 0.940. The minimum atomic E-state index is -3.21. The van der Waals surface area contributed by atoms with Gasteiger partial charge in [0.2, 0.25) is 16.0 Å². The van der Waals surface area contributed by atoms with Gasteiger partial charge in [-0.1, -0.05) is 0 Å². The molecule has 0 unspecified atom stereocenters. The van der Waals surface area contributed by atoms with Crippen LogP contribution in [0.25, 0.3) is 10.9 Å². The first-order valence-corrected chi connectivity index (χ1v) is 12.5. The molecule has 2 fully saturated rings. The van der Waals surface area contributed by atoms with Gasteiger partial charge in [0.25, 0.3) is 6.43 Å². The highest BCUT2D eigenvalue weighted by molar-refractivity contribution is 7.88. The van der Waals surface area contributed by atoms with E-state index in [1.54, 1.807) is 6.92 Å². The van der Waals surface area contributed by atoms with Gasteiger partial charge in [0.1, 0.15) is 11.2 Å². The molecule has 32 heavy (non-hydrogen) atoms. The van der Waals surface area contributed by atoms with Gasteiger partial charge in [-0.15, -0.1) is 0 Å². The predicted octanol–water partition coefficient (Wildman–Crippen LogP) is 2.51. The van der Waals surface area contributed by atoms with Crippen LogP contribution in [0.1, 0.15) is 51.1 Å². The van der Waals surface area contributed by atoms with Crippen LogP contribution in [0, 0.1) is 0 Å². The second kappa shape index (κ2) is 8.64. The molecule has 12 heteroatoms. The Morgan fingerprint density at radius 2 is 1.94 bits per heavy atom. The van der Waals surface area contributed by atoms with Gasteiger partial charge in [-0.25, -0.2) is 36.5 Å². The van der Waals surface area contributed by atoms with E-state index in [1.807, 2.05) is 0 Å². The van der Waals surface area contributed by atoms with Gasteiger partial charge in [0, 0.05) is 30.7 Å². The Balaban J connectivity index is 1.59. The van der Waals surface area contributed by atoms with E-state index in [4.69, 9.17) is 0 Å². The van der Waals surface area contributed by atoms with Crippen molar-refractivity contribution in [3.8, 4) is 0 Å². The lowest BCUT2D eigenvalue weighted by atomic mass is 10.0. The Bertz CT molecular complexity index is 1090. The molecule has 2 atom stereocenters. The quantitative estimate of drug-likeness (QED) is 0.589. The zero-order valence-electron chi connectivity index (χ0n) is 18.1. The fourth-order valence-electron chi connectivity index (χ4n) is 4.40. The number of piperidine rings is 1. The zero-order chi connectivity index (χ0) is 23.1. The lowest BCUT2D eigenvalue weighted by molar-refractivity contribution is 0.0577. The number of alkyl halides is 2. The smallest absolute Gasteiger partial charge is 0.280 e. The number of aliphatic hydroxyl groups is 1. The summed E-state index contributed by atoms with van der Waals surface area (Å²) in [5.41, 5.74) is -0.949. The number of nitrogens with zero attached hydrogens (tertiary/aromatic N) is 4. The highest BCUT2D eigenvalue weighted by Crippen LogP contribution is 2.34. The van der Waals surface area contributed by atoms with Gasteiger partial charge in [-0.05, 0) is 45.1 Å². The lowest BCUT2D eigenvalue weighted by Gasteiger charge is -2.30. The molecule has 2 aromatic rings. The van der Waals surface area contributed by atoms with E-state index in [2.05, 4.69) is 25.6 Å². The summed E-state index contributed by atoms with van der Waals surface area (Å²) in [5.74, 6) is 0.519. The normalized spacial score (nSPS) is 25.5. The summed E-state index contributed by atoms with van der Waals surface area (Å²) in [6.07, 6.45) is 3.27. The van der Waals surface area contributed by atoms with E-state index in [0.29, 0.717) is 55.6 Å². The topological polar surface area (TPSA) is 120 Å². The fourth-order valence-corrected chi connectivity index (χ4v) is 5.27. The van der Waals surface area contributed by atoms with Gasteiger partial charge in [0.15, 0.2) is 5.82 Å². The first kappa shape index (κ1) is 23.0. The molecule has 1 saturated heterocycles. The largest absolute Gasteiger partial charge is 0.388 e. The monoisotopic (exact) mass is 470 g/mol. The second-order valence-electron chi connectivity index (χ2n) is 8.85. The SMILES string of the molecule is C[C@@]1(O)CCC[C@H]1Nc1nc(C(F)F)cc2cnc(NC3CCN(S(C)(=O)=O)CC3)nc12. The number of aromatic nitrogens is 3. The van der Waals surface area contributed by atoms with Crippen molar-refractivity contribution in [1.82, 2.24) is 19.3 Å². The van der Waals surface area contributed by atoms with Gasteiger partial charge < -0.3 is 15.7 Å². The van der Waals surface area contributed by atoms with Crippen LogP contribution in [0.5, 0.6) is 0 Å². The Kier molecular flexibility index (Phi) is 6.21. The number of hydrogen-bond donors (Lipinski definition) is 3. The van der Waals surface area contributed by atoms with E-state index in [-0.39, 0.29) is 23.6 Å². The third kappa shape index (κ3) is 4.91. The van der Waals surface area contributed by atoms with Crippen molar-refractivity contribution in [3.63, 3.8) is 0 Å². The fraction of sp³-hybridized carbons (Fsp3) is 0.650. The maximum absolute atomic E-state index is 13.4. The van der Waals surface area contributed by atoms with Crippen LogP contribution in [-0.4, -0.2) is 69.8 Å². The van der Waals surface area contributed by atoms with E-state index < -0.39 is 22.0 Å². The van der Waals surface area contributed by atoms with Gasteiger partial charge in [-0.3, -0.25) is 0 Å². The van der Waals surface area contributed by atoms with E-state index in [0.717, 1.165) is 6.42 Å². The highest BCUT2D eigenvalue weighted by atomic mass is 32.2. The molecule has 1 saturated carbocycles. The minimum Gasteiger partial charge on any atom is -0.388 e. The summed E-state index contributed by atoms with van der Waals surface area (Å²) in [7, 11) is -3.21. The highest BCUT2D eigenvalue weighted by Gasteiger charge is 2.37. The van der Waals surface area contributed by atoms with Crippen LogP contribution in [0.3, 0.4) is 0 Å². The van der Waals surface area contributed by atoms with Gasteiger partial charge >= 0.3 is 0 Å². The molecule has 0 amide bonds. The number of rotatable bonds is 6. The molecule has 3 N–H and O–H groups in total. The third-order valence-electron chi connectivity index (χ3n) is 6.30. The molecular weight excluding hydrogens is 442 g/mol. The van der Waals surface area contributed by atoms with E-state index in [9.17, 15) is 22.3 Å². The Labute approximate surface area is 185 Å². The average Bonchev–Trinajstić information content (AvgIpc) is 3.05. The third-order valence-corrected chi connectivity index (χ3v) is 7.61. The van der Waals surface area contributed by atoms with Crippen LogP contribution < -0.4 is 10.6 Å². The summed E-state index contributed by atoms with van der Waals surface area (Å²) in [5, 5.41) is 17.4. The van der Waals surface area contributed by atoms with Crippen LogP contribution in [-0.2, 0) is 10.0 Å². The molecular formula is C20H28F2N6O3S. The second-order valence-corrected chi connectivity index (χ2v) is 10.8. The summed E-state index contributed by atoms with van der Waals surface area (Å²) in [6.45, 7) is 2.54. The average molecular weight is 471 g/mol. The molecule has 0 bridgehead atoms. The van der Waals surface area contributed by atoms with Crippen LogP contribution >= 0.6 is 0 Å². The van der Waals surface area contributed by atoms with Gasteiger partial charge in [-0.2, -0.15) is 0 Å². The first-order valence-electron chi connectivity index (χ1n) is 10.7. The lowest BCUT2D eigenvalue weighted by Crippen LogP contribution is -2.42. The molecule has 9 nitrogen and oxygen atoms in total. The molecule has 1 aliphatic heterocycles. The molecule has 3 heterocycles. The number of nitrogens with one attached hydrogen (secondary N) is 2. The molecule has 2 aromatic heterocycles. The summed E-state index contributed by atoms with van der Waals surface area (Å²) < 4.78 is 51.6. The maximum atomic E-state index is 13.4. The number of halogens is 2.